The number of rotatable bonds is 3. The lowest BCUT2D eigenvalue weighted by molar-refractivity contribution is 0.389. The molecule has 0 amide bonds. The molecule has 1 aromatic heterocycles. The van der Waals surface area contributed by atoms with Gasteiger partial charge in [0, 0.05) is 17.1 Å². The van der Waals surface area contributed by atoms with Gasteiger partial charge in [-0.05, 0) is 30.4 Å². The van der Waals surface area contributed by atoms with Crippen molar-refractivity contribution in [2.75, 3.05) is 7.11 Å². The summed E-state index contributed by atoms with van der Waals surface area (Å²) in [5, 5.41) is 0.809. The van der Waals surface area contributed by atoms with Gasteiger partial charge in [-0.15, -0.1) is 0 Å². The van der Waals surface area contributed by atoms with Gasteiger partial charge in [0.05, 0.1) is 7.11 Å². The zero-order valence-corrected chi connectivity index (χ0v) is 9.88. The van der Waals surface area contributed by atoms with Crippen LogP contribution in [0.15, 0.2) is 12.3 Å². The SMILES string of the molecule is COc1ncc(C2CCC2)cc1CBr. The molecule has 1 heterocycles. The average Bonchev–Trinajstić information content (AvgIpc) is 2.15. The summed E-state index contributed by atoms with van der Waals surface area (Å²) in [6, 6.07) is 2.21. The lowest BCUT2D eigenvalue weighted by Gasteiger charge is -2.25. The second kappa shape index (κ2) is 4.30. The van der Waals surface area contributed by atoms with E-state index in [-0.39, 0.29) is 0 Å². The van der Waals surface area contributed by atoms with Crippen LogP contribution in [-0.4, -0.2) is 12.1 Å². The monoisotopic (exact) mass is 255 g/mol. The third kappa shape index (κ3) is 1.78. The van der Waals surface area contributed by atoms with E-state index >= 15 is 0 Å². The molecule has 2 nitrogen and oxygen atoms in total. The summed E-state index contributed by atoms with van der Waals surface area (Å²) in [6.45, 7) is 0. The first kappa shape index (κ1) is 9.97. The molecule has 76 valence electrons. The zero-order chi connectivity index (χ0) is 9.97. The summed E-state index contributed by atoms with van der Waals surface area (Å²) >= 11 is 3.45. The van der Waals surface area contributed by atoms with Crippen molar-refractivity contribution in [1.29, 1.82) is 0 Å². The van der Waals surface area contributed by atoms with Crippen molar-refractivity contribution in [3.8, 4) is 5.88 Å². The Morgan fingerprint density at radius 3 is 2.86 bits per heavy atom. The molecular weight excluding hydrogens is 242 g/mol. The maximum Gasteiger partial charge on any atom is 0.217 e. The van der Waals surface area contributed by atoms with Crippen LogP contribution in [0.25, 0.3) is 0 Å². The molecule has 0 aromatic carbocycles. The van der Waals surface area contributed by atoms with Crippen molar-refractivity contribution in [1.82, 2.24) is 4.98 Å². The number of alkyl halides is 1. The fourth-order valence-electron chi connectivity index (χ4n) is 1.76. The molecule has 1 aliphatic rings. The van der Waals surface area contributed by atoms with E-state index in [1.165, 1.54) is 24.8 Å². The van der Waals surface area contributed by atoms with E-state index in [2.05, 4.69) is 27.0 Å². The predicted octanol–water partition coefficient (Wildman–Crippen LogP) is 3.25. The molecule has 0 bridgehead atoms. The summed E-state index contributed by atoms with van der Waals surface area (Å²) in [4.78, 5) is 4.32. The Kier molecular flexibility index (Phi) is 3.06. The van der Waals surface area contributed by atoms with Crippen LogP contribution in [0.3, 0.4) is 0 Å². The first-order valence-corrected chi connectivity index (χ1v) is 6.06. The lowest BCUT2D eigenvalue weighted by Crippen LogP contribution is -2.09. The molecule has 3 heteroatoms. The summed E-state index contributed by atoms with van der Waals surface area (Å²) in [5.74, 6) is 1.48. The molecule has 0 aliphatic heterocycles. The van der Waals surface area contributed by atoms with Gasteiger partial charge in [0.25, 0.3) is 0 Å². The number of pyridine rings is 1. The smallest absolute Gasteiger partial charge is 0.217 e. The van der Waals surface area contributed by atoms with E-state index < -0.39 is 0 Å². The third-order valence-electron chi connectivity index (χ3n) is 2.86. The van der Waals surface area contributed by atoms with Gasteiger partial charge in [0.1, 0.15) is 0 Å². The van der Waals surface area contributed by atoms with Gasteiger partial charge in [-0.25, -0.2) is 4.98 Å². The van der Waals surface area contributed by atoms with Crippen molar-refractivity contribution in [2.45, 2.75) is 30.5 Å². The van der Waals surface area contributed by atoms with Crippen LogP contribution in [0.2, 0.25) is 0 Å². The van der Waals surface area contributed by atoms with Gasteiger partial charge in [0.2, 0.25) is 5.88 Å². The Bertz CT molecular complexity index is 323. The Hall–Kier alpha value is -0.570. The molecule has 2 rings (SSSR count). The molecule has 0 radical (unpaired) electrons. The van der Waals surface area contributed by atoms with Gasteiger partial charge in [-0.3, -0.25) is 0 Å². The summed E-state index contributed by atoms with van der Waals surface area (Å²) in [5.41, 5.74) is 2.52. The Morgan fingerprint density at radius 1 is 1.57 bits per heavy atom. The van der Waals surface area contributed by atoms with E-state index in [9.17, 15) is 0 Å². The minimum atomic E-state index is 0.741. The number of nitrogens with zero attached hydrogens (tertiary/aromatic N) is 1. The predicted molar refractivity (Wildman–Crippen MR) is 60.0 cm³/mol. The summed E-state index contributed by atoms with van der Waals surface area (Å²) in [6.07, 6.45) is 5.95. The Balaban J connectivity index is 2.26. The molecule has 1 fully saturated rings. The number of hydrogen-bond acceptors (Lipinski definition) is 2. The maximum absolute atomic E-state index is 5.18. The number of ether oxygens (including phenoxy) is 1. The van der Waals surface area contributed by atoms with Crippen LogP contribution < -0.4 is 4.74 Å². The fourth-order valence-corrected chi connectivity index (χ4v) is 2.16. The minimum absolute atomic E-state index is 0.741. The van der Waals surface area contributed by atoms with Crippen LogP contribution in [0, 0.1) is 0 Å². The van der Waals surface area contributed by atoms with Crippen LogP contribution in [-0.2, 0) is 5.33 Å². The lowest BCUT2D eigenvalue weighted by atomic mass is 9.80. The van der Waals surface area contributed by atoms with E-state index in [0.717, 1.165) is 22.7 Å². The molecule has 0 saturated heterocycles. The second-order valence-corrected chi connectivity index (χ2v) is 4.26. The van der Waals surface area contributed by atoms with Gasteiger partial charge < -0.3 is 4.74 Å². The highest BCUT2D eigenvalue weighted by Gasteiger charge is 2.20. The molecule has 0 spiro atoms. The van der Waals surface area contributed by atoms with E-state index in [1.54, 1.807) is 7.11 Å². The number of halogens is 1. The molecule has 14 heavy (non-hydrogen) atoms. The van der Waals surface area contributed by atoms with Gasteiger partial charge in [-0.1, -0.05) is 22.4 Å². The summed E-state index contributed by atoms with van der Waals surface area (Å²) in [7, 11) is 1.66. The largest absolute Gasteiger partial charge is 0.481 e. The topological polar surface area (TPSA) is 22.1 Å². The van der Waals surface area contributed by atoms with Crippen molar-refractivity contribution < 1.29 is 4.74 Å². The quantitative estimate of drug-likeness (QED) is 0.774. The van der Waals surface area contributed by atoms with Gasteiger partial charge in [0.15, 0.2) is 0 Å². The van der Waals surface area contributed by atoms with Crippen molar-refractivity contribution in [2.24, 2.45) is 0 Å². The molecular formula is C11H14BrNO. The molecule has 0 N–H and O–H groups in total. The standard InChI is InChI=1S/C11H14BrNO/c1-14-11-9(6-12)5-10(7-13-11)8-3-2-4-8/h5,7-8H,2-4,6H2,1H3. The molecule has 0 unspecified atom stereocenters. The van der Waals surface area contributed by atoms with E-state index in [4.69, 9.17) is 4.74 Å². The molecule has 0 atom stereocenters. The molecule has 1 aromatic rings. The van der Waals surface area contributed by atoms with Crippen molar-refractivity contribution in [3.05, 3.63) is 23.4 Å². The van der Waals surface area contributed by atoms with Crippen molar-refractivity contribution in [3.63, 3.8) is 0 Å². The highest BCUT2D eigenvalue weighted by Crippen LogP contribution is 2.37. The highest BCUT2D eigenvalue weighted by molar-refractivity contribution is 9.08. The van der Waals surface area contributed by atoms with E-state index in [0.29, 0.717) is 0 Å². The van der Waals surface area contributed by atoms with Crippen LogP contribution >= 0.6 is 15.9 Å². The van der Waals surface area contributed by atoms with Crippen LogP contribution in [0.5, 0.6) is 5.88 Å². The number of methoxy groups -OCH3 is 1. The first-order valence-electron chi connectivity index (χ1n) is 4.94. The zero-order valence-electron chi connectivity index (χ0n) is 8.29. The highest BCUT2D eigenvalue weighted by atomic mass is 79.9. The van der Waals surface area contributed by atoms with Crippen LogP contribution in [0.4, 0.5) is 0 Å². The van der Waals surface area contributed by atoms with Gasteiger partial charge in [-0.2, -0.15) is 0 Å². The third-order valence-corrected chi connectivity index (χ3v) is 3.46. The maximum atomic E-state index is 5.18. The minimum Gasteiger partial charge on any atom is -0.481 e. The molecule has 1 aliphatic carbocycles. The second-order valence-electron chi connectivity index (χ2n) is 3.70. The Labute approximate surface area is 92.8 Å². The Morgan fingerprint density at radius 2 is 2.36 bits per heavy atom. The fraction of sp³-hybridized carbons (Fsp3) is 0.545. The van der Waals surface area contributed by atoms with Crippen molar-refractivity contribution >= 4 is 15.9 Å². The average molecular weight is 256 g/mol. The first-order chi connectivity index (χ1) is 6.85. The summed E-state index contributed by atoms with van der Waals surface area (Å²) < 4.78 is 5.18. The molecule has 1 saturated carbocycles. The van der Waals surface area contributed by atoms with Crippen LogP contribution in [0.1, 0.15) is 36.3 Å². The van der Waals surface area contributed by atoms with E-state index in [1.807, 2.05) is 6.20 Å². The number of hydrogen-bond donors (Lipinski definition) is 0. The van der Waals surface area contributed by atoms with Gasteiger partial charge >= 0.3 is 0 Å². The normalized spacial score (nSPS) is 16.4. The number of aromatic nitrogens is 1.